The zero-order valence-electron chi connectivity index (χ0n) is 19.8. The number of fused-ring (bicyclic) bond motifs is 1. The fraction of sp³-hybridized carbons (Fsp3) is 0.286. The topological polar surface area (TPSA) is 89.3 Å². The largest absolute Gasteiger partial charge is 0.371 e. The number of nitrogens with one attached hydrogen (secondary N) is 1. The lowest BCUT2D eigenvalue weighted by Gasteiger charge is -2.33. The van der Waals surface area contributed by atoms with E-state index in [1.807, 2.05) is 30.3 Å². The number of amides is 2. The standard InChI is InChI=1S/C28H26ClN5O2/c29-25-6-2-4-21-18-34(28(36)26(21)25)24-5-1-3-20(15-24)27(35)32-11-7-19-9-13-33(14-10-19)23-8-12-31-22(16-23)17-30/h1-6,8,12,15-16,19H,7,9-11,13-14,18H2,(H,32,35). The Morgan fingerprint density at radius 2 is 1.92 bits per heavy atom. The average Bonchev–Trinajstić information content (AvgIpc) is 3.26. The van der Waals surface area contributed by atoms with Gasteiger partial charge < -0.3 is 15.1 Å². The second-order valence-electron chi connectivity index (χ2n) is 9.20. The summed E-state index contributed by atoms with van der Waals surface area (Å²) in [6.07, 6.45) is 4.67. The average molecular weight is 500 g/mol. The van der Waals surface area contributed by atoms with E-state index < -0.39 is 0 Å². The molecule has 182 valence electrons. The molecule has 1 fully saturated rings. The molecule has 2 aromatic carbocycles. The zero-order chi connectivity index (χ0) is 25.1. The van der Waals surface area contributed by atoms with Crippen molar-refractivity contribution in [2.75, 3.05) is 29.4 Å². The Labute approximate surface area is 215 Å². The summed E-state index contributed by atoms with van der Waals surface area (Å²) in [7, 11) is 0. The summed E-state index contributed by atoms with van der Waals surface area (Å²) in [5.74, 6) is 0.253. The van der Waals surface area contributed by atoms with Gasteiger partial charge in [-0.1, -0.05) is 29.8 Å². The van der Waals surface area contributed by atoms with Gasteiger partial charge in [0.25, 0.3) is 11.8 Å². The van der Waals surface area contributed by atoms with Crippen molar-refractivity contribution < 1.29 is 9.59 Å². The van der Waals surface area contributed by atoms with E-state index in [0.717, 1.165) is 43.6 Å². The zero-order valence-corrected chi connectivity index (χ0v) is 20.5. The lowest BCUT2D eigenvalue weighted by molar-refractivity contribution is 0.0948. The molecule has 0 unspecified atom stereocenters. The van der Waals surface area contributed by atoms with Gasteiger partial charge in [0.05, 0.1) is 17.1 Å². The van der Waals surface area contributed by atoms with Crippen LogP contribution in [-0.4, -0.2) is 36.4 Å². The van der Waals surface area contributed by atoms with E-state index in [-0.39, 0.29) is 11.8 Å². The molecule has 36 heavy (non-hydrogen) atoms. The molecule has 2 aliphatic heterocycles. The van der Waals surface area contributed by atoms with Crippen molar-refractivity contribution >= 4 is 34.8 Å². The van der Waals surface area contributed by atoms with Crippen molar-refractivity contribution in [1.82, 2.24) is 10.3 Å². The van der Waals surface area contributed by atoms with Gasteiger partial charge in [0, 0.05) is 42.8 Å². The van der Waals surface area contributed by atoms with Gasteiger partial charge in [0.15, 0.2) is 0 Å². The Balaban J connectivity index is 1.13. The highest BCUT2D eigenvalue weighted by atomic mass is 35.5. The summed E-state index contributed by atoms with van der Waals surface area (Å²) in [5.41, 5.74) is 4.11. The van der Waals surface area contributed by atoms with Crippen molar-refractivity contribution in [2.24, 2.45) is 5.92 Å². The number of piperidine rings is 1. The van der Waals surface area contributed by atoms with Gasteiger partial charge in [-0.25, -0.2) is 4.98 Å². The molecule has 7 nitrogen and oxygen atoms in total. The van der Waals surface area contributed by atoms with Gasteiger partial charge in [-0.2, -0.15) is 5.26 Å². The fourth-order valence-corrected chi connectivity index (χ4v) is 5.26. The maximum atomic E-state index is 12.9. The number of carbonyl (C=O) groups is 2. The number of nitriles is 1. The van der Waals surface area contributed by atoms with E-state index >= 15 is 0 Å². The van der Waals surface area contributed by atoms with Crippen LogP contribution in [-0.2, 0) is 6.54 Å². The number of pyridine rings is 1. The number of benzene rings is 2. The highest BCUT2D eigenvalue weighted by molar-refractivity contribution is 6.35. The van der Waals surface area contributed by atoms with Crippen LogP contribution in [0.1, 0.15) is 51.2 Å². The third-order valence-corrected chi connectivity index (χ3v) is 7.30. The number of carbonyl (C=O) groups excluding carboxylic acids is 2. The molecular formula is C28H26ClN5O2. The van der Waals surface area contributed by atoms with Crippen LogP contribution < -0.4 is 15.1 Å². The Hall–Kier alpha value is -3.89. The molecule has 0 saturated carbocycles. The lowest BCUT2D eigenvalue weighted by Crippen LogP contribution is -2.35. The van der Waals surface area contributed by atoms with Crippen molar-refractivity contribution in [2.45, 2.75) is 25.8 Å². The molecule has 0 atom stereocenters. The molecule has 5 rings (SSSR count). The van der Waals surface area contributed by atoms with Crippen molar-refractivity contribution in [3.63, 3.8) is 0 Å². The molecule has 2 aliphatic rings. The molecule has 1 aromatic heterocycles. The van der Waals surface area contributed by atoms with E-state index in [2.05, 4.69) is 21.3 Å². The third kappa shape index (κ3) is 4.91. The van der Waals surface area contributed by atoms with Crippen LogP contribution in [0.25, 0.3) is 0 Å². The monoisotopic (exact) mass is 499 g/mol. The summed E-state index contributed by atoms with van der Waals surface area (Å²) in [6, 6.07) is 18.5. The van der Waals surface area contributed by atoms with E-state index in [1.54, 1.807) is 35.4 Å². The maximum absolute atomic E-state index is 12.9. The van der Waals surface area contributed by atoms with Gasteiger partial charge in [-0.3, -0.25) is 9.59 Å². The highest BCUT2D eigenvalue weighted by Crippen LogP contribution is 2.33. The first-order valence-corrected chi connectivity index (χ1v) is 12.5. The van der Waals surface area contributed by atoms with Crippen LogP contribution in [0, 0.1) is 17.2 Å². The molecule has 0 radical (unpaired) electrons. The van der Waals surface area contributed by atoms with Gasteiger partial charge in [-0.15, -0.1) is 0 Å². The summed E-state index contributed by atoms with van der Waals surface area (Å²) < 4.78 is 0. The first kappa shape index (κ1) is 23.8. The molecule has 0 bridgehead atoms. The minimum absolute atomic E-state index is 0.141. The SMILES string of the molecule is N#Cc1cc(N2CCC(CCNC(=O)c3cccc(N4Cc5cccc(Cl)c5C4=O)c3)CC2)ccn1. The number of aromatic nitrogens is 1. The molecule has 0 spiro atoms. The molecule has 2 amide bonds. The molecule has 0 aliphatic carbocycles. The van der Waals surface area contributed by atoms with Crippen LogP contribution in [0.5, 0.6) is 0 Å². The van der Waals surface area contributed by atoms with E-state index in [1.165, 1.54) is 0 Å². The van der Waals surface area contributed by atoms with Crippen LogP contribution in [0.3, 0.4) is 0 Å². The Morgan fingerprint density at radius 3 is 2.69 bits per heavy atom. The fourth-order valence-electron chi connectivity index (χ4n) is 4.99. The predicted molar refractivity (Wildman–Crippen MR) is 139 cm³/mol. The number of halogens is 1. The molecule has 1 saturated heterocycles. The number of anilines is 2. The van der Waals surface area contributed by atoms with Crippen LogP contribution in [0.15, 0.2) is 60.8 Å². The Bertz CT molecular complexity index is 1340. The molecular weight excluding hydrogens is 474 g/mol. The summed E-state index contributed by atoms with van der Waals surface area (Å²) in [5, 5.41) is 12.6. The van der Waals surface area contributed by atoms with Crippen molar-refractivity contribution in [3.8, 4) is 6.07 Å². The quantitative estimate of drug-likeness (QED) is 0.526. The van der Waals surface area contributed by atoms with Gasteiger partial charge in [0.2, 0.25) is 0 Å². The Kier molecular flexibility index (Phi) is 6.88. The first-order chi connectivity index (χ1) is 17.5. The number of rotatable bonds is 6. The normalized spacial score (nSPS) is 15.5. The van der Waals surface area contributed by atoms with Crippen molar-refractivity contribution in [1.29, 1.82) is 5.26 Å². The smallest absolute Gasteiger partial charge is 0.260 e. The molecule has 8 heteroatoms. The predicted octanol–water partition coefficient (Wildman–Crippen LogP) is 4.80. The van der Waals surface area contributed by atoms with Crippen molar-refractivity contribution in [3.05, 3.63) is 88.2 Å². The van der Waals surface area contributed by atoms with E-state index in [9.17, 15) is 9.59 Å². The van der Waals surface area contributed by atoms with E-state index in [0.29, 0.717) is 46.5 Å². The highest BCUT2D eigenvalue weighted by Gasteiger charge is 2.30. The number of hydrogen-bond acceptors (Lipinski definition) is 5. The minimum Gasteiger partial charge on any atom is -0.371 e. The van der Waals surface area contributed by atoms with Crippen LogP contribution in [0.4, 0.5) is 11.4 Å². The first-order valence-electron chi connectivity index (χ1n) is 12.1. The second-order valence-corrected chi connectivity index (χ2v) is 9.61. The summed E-state index contributed by atoms with van der Waals surface area (Å²) in [6.45, 7) is 2.89. The third-order valence-electron chi connectivity index (χ3n) is 6.98. The molecule has 1 N–H and O–H groups in total. The Morgan fingerprint density at radius 1 is 1.11 bits per heavy atom. The van der Waals surface area contributed by atoms with E-state index in [4.69, 9.17) is 16.9 Å². The van der Waals surface area contributed by atoms with Crippen LogP contribution >= 0.6 is 11.6 Å². The number of hydrogen-bond donors (Lipinski definition) is 1. The van der Waals surface area contributed by atoms with Gasteiger partial charge >= 0.3 is 0 Å². The lowest BCUT2D eigenvalue weighted by atomic mass is 9.93. The van der Waals surface area contributed by atoms with Gasteiger partial charge in [0.1, 0.15) is 11.8 Å². The molecule has 3 heterocycles. The maximum Gasteiger partial charge on any atom is 0.260 e. The summed E-state index contributed by atoms with van der Waals surface area (Å²) in [4.78, 5) is 33.7. The van der Waals surface area contributed by atoms with Crippen LogP contribution in [0.2, 0.25) is 5.02 Å². The second kappa shape index (κ2) is 10.4. The minimum atomic E-state index is -0.143. The van der Waals surface area contributed by atoms with Gasteiger partial charge in [-0.05, 0) is 67.1 Å². The molecule has 3 aromatic rings. The summed E-state index contributed by atoms with van der Waals surface area (Å²) >= 11 is 6.24. The number of nitrogens with zero attached hydrogens (tertiary/aromatic N) is 4.